The lowest BCUT2D eigenvalue weighted by Crippen LogP contribution is -2.39. The molecule has 2 fully saturated rings. The van der Waals surface area contributed by atoms with Crippen LogP contribution in [-0.4, -0.2) is 24.5 Å². The summed E-state index contributed by atoms with van der Waals surface area (Å²) in [6.07, 6.45) is 3.28. The van der Waals surface area contributed by atoms with Gasteiger partial charge in [0.05, 0.1) is 16.8 Å². The molecule has 3 nitrogen and oxygen atoms in total. The molecule has 96 valence electrons. The van der Waals surface area contributed by atoms with Crippen molar-refractivity contribution in [3.63, 3.8) is 0 Å². The fourth-order valence-electron chi connectivity index (χ4n) is 2.31. The highest BCUT2D eigenvalue weighted by Crippen LogP contribution is 2.31. The highest BCUT2D eigenvalue weighted by molar-refractivity contribution is 14.1. The number of rotatable bonds is 3. The first-order valence-corrected chi connectivity index (χ1v) is 7.63. The number of halogens is 2. The molecule has 1 aliphatic heterocycles. The molecular weight excluding hydrogens is 363 g/mol. The predicted molar refractivity (Wildman–Crippen MR) is 81.1 cm³/mol. The second kappa shape index (κ2) is 4.98. The summed E-state index contributed by atoms with van der Waals surface area (Å²) in [5.41, 5.74) is 0.835. The van der Waals surface area contributed by atoms with Gasteiger partial charge in [0.25, 0.3) is 0 Å². The van der Waals surface area contributed by atoms with E-state index < -0.39 is 0 Å². The summed E-state index contributed by atoms with van der Waals surface area (Å²) in [5.74, 6) is 0.157. The lowest BCUT2D eigenvalue weighted by Gasteiger charge is -2.18. The quantitative estimate of drug-likeness (QED) is 0.823. The maximum atomic E-state index is 12.3. The minimum Gasteiger partial charge on any atom is -0.310 e. The zero-order valence-corrected chi connectivity index (χ0v) is 12.7. The number of nitrogens with one attached hydrogen (secondary N) is 1. The summed E-state index contributed by atoms with van der Waals surface area (Å²) in [6, 6.07) is 6.35. The molecule has 1 atom stereocenters. The van der Waals surface area contributed by atoms with E-state index >= 15 is 0 Å². The summed E-state index contributed by atoms with van der Waals surface area (Å²) in [6.45, 7) is 0.754. The van der Waals surface area contributed by atoms with Gasteiger partial charge in [-0.15, -0.1) is 0 Å². The molecule has 1 heterocycles. The van der Waals surface area contributed by atoms with E-state index in [4.69, 9.17) is 11.6 Å². The lowest BCUT2D eigenvalue weighted by atomic mass is 10.2. The van der Waals surface area contributed by atoms with Gasteiger partial charge in [-0.25, -0.2) is 0 Å². The van der Waals surface area contributed by atoms with Gasteiger partial charge in [0.2, 0.25) is 5.91 Å². The molecule has 1 N–H and O–H groups in total. The number of hydrogen-bond acceptors (Lipinski definition) is 2. The molecule has 0 radical (unpaired) electrons. The van der Waals surface area contributed by atoms with Crippen LogP contribution in [-0.2, 0) is 4.79 Å². The monoisotopic (exact) mass is 376 g/mol. The third-order valence-corrected chi connectivity index (χ3v) is 4.39. The Morgan fingerprint density at radius 2 is 2.11 bits per heavy atom. The van der Waals surface area contributed by atoms with Crippen LogP contribution in [0.2, 0.25) is 5.02 Å². The first-order valence-electron chi connectivity index (χ1n) is 6.17. The Kier molecular flexibility index (Phi) is 3.51. The molecule has 2 aliphatic rings. The normalized spacial score (nSPS) is 23.8. The van der Waals surface area contributed by atoms with Crippen molar-refractivity contribution in [2.24, 2.45) is 0 Å². The van der Waals surface area contributed by atoms with Crippen LogP contribution in [0.25, 0.3) is 0 Å². The molecule has 0 spiro atoms. The van der Waals surface area contributed by atoms with Crippen molar-refractivity contribution in [1.29, 1.82) is 0 Å². The molecule has 18 heavy (non-hydrogen) atoms. The second-order valence-corrected chi connectivity index (χ2v) is 6.52. The maximum Gasteiger partial charge on any atom is 0.244 e. The summed E-state index contributed by atoms with van der Waals surface area (Å²) < 4.78 is 1.08. The van der Waals surface area contributed by atoms with E-state index in [2.05, 4.69) is 27.9 Å². The van der Waals surface area contributed by atoms with Crippen LogP contribution in [0, 0.1) is 3.57 Å². The largest absolute Gasteiger partial charge is 0.310 e. The molecule has 1 aliphatic carbocycles. The first kappa shape index (κ1) is 12.7. The van der Waals surface area contributed by atoms with Gasteiger partial charge in [-0.05, 0) is 60.1 Å². The van der Waals surface area contributed by atoms with Crippen molar-refractivity contribution >= 4 is 45.8 Å². The SMILES string of the molecule is O=C1C(NC2CC2)CCN1c1ccc(I)cc1Cl. The fraction of sp³-hybridized carbons (Fsp3) is 0.462. The minimum atomic E-state index is -0.0205. The molecule has 1 aromatic carbocycles. The average Bonchev–Trinajstić information content (AvgIpc) is 3.07. The molecule has 1 aromatic rings. The first-order chi connectivity index (χ1) is 8.65. The number of anilines is 1. The summed E-state index contributed by atoms with van der Waals surface area (Å²) in [7, 11) is 0. The van der Waals surface area contributed by atoms with E-state index in [1.54, 1.807) is 4.90 Å². The van der Waals surface area contributed by atoms with Crippen LogP contribution >= 0.6 is 34.2 Å². The summed E-state index contributed by atoms with van der Waals surface area (Å²) in [5, 5.41) is 4.05. The fourth-order valence-corrected chi connectivity index (χ4v) is 3.27. The third kappa shape index (κ3) is 2.51. The maximum absolute atomic E-state index is 12.3. The van der Waals surface area contributed by atoms with Gasteiger partial charge in [-0.2, -0.15) is 0 Å². The number of carbonyl (C=O) groups excluding carboxylic acids is 1. The van der Waals surface area contributed by atoms with Gasteiger partial charge in [-0.1, -0.05) is 11.6 Å². The van der Waals surface area contributed by atoms with Gasteiger partial charge in [0.15, 0.2) is 0 Å². The van der Waals surface area contributed by atoms with Gasteiger partial charge in [0.1, 0.15) is 0 Å². The Hall–Kier alpha value is -0.330. The van der Waals surface area contributed by atoms with Crippen LogP contribution in [0.1, 0.15) is 19.3 Å². The van der Waals surface area contributed by atoms with Gasteiger partial charge in [-0.3, -0.25) is 4.79 Å². The smallest absolute Gasteiger partial charge is 0.244 e. The van der Waals surface area contributed by atoms with Crippen molar-refractivity contribution < 1.29 is 4.79 Å². The van der Waals surface area contributed by atoms with Crippen LogP contribution in [0.3, 0.4) is 0 Å². The zero-order valence-electron chi connectivity index (χ0n) is 9.83. The van der Waals surface area contributed by atoms with Crippen molar-refractivity contribution in [2.45, 2.75) is 31.3 Å². The summed E-state index contributed by atoms with van der Waals surface area (Å²) in [4.78, 5) is 14.1. The Morgan fingerprint density at radius 1 is 1.33 bits per heavy atom. The van der Waals surface area contributed by atoms with E-state index in [0.29, 0.717) is 11.1 Å². The highest BCUT2D eigenvalue weighted by atomic mass is 127. The van der Waals surface area contributed by atoms with Gasteiger partial charge >= 0.3 is 0 Å². The Balaban J connectivity index is 1.78. The molecule has 3 rings (SSSR count). The number of nitrogens with zero attached hydrogens (tertiary/aromatic N) is 1. The van der Waals surface area contributed by atoms with Crippen LogP contribution in [0.15, 0.2) is 18.2 Å². The number of benzene rings is 1. The standard InChI is InChI=1S/C13H14ClIN2O/c14-10-7-8(15)1-4-12(10)17-6-5-11(13(17)18)16-9-2-3-9/h1,4,7,9,11,16H,2-3,5-6H2. The molecule has 1 saturated heterocycles. The topological polar surface area (TPSA) is 32.3 Å². The van der Waals surface area contributed by atoms with Crippen LogP contribution < -0.4 is 10.2 Å². The van der Waals surface area contributed by atoms with E-state index in [0.717, 1.165) is 22.2 Å². The number of hydrogen-bond donors (Lipinski definition) is 1. The van der Waals surface area contributed by atoms with Crippen molar-refractivity contribution in [2.75, 3.05) is 11.4 Å². The van der Waals surface area contributed by atoms with Gasteiger partial charge in [0, 0.05) is 16.2 Å². The predicted octanol–water partition coefficient (Wildman–Crippen LogP) is 2.80. The van der Waals surface area contributed by atoms with Crippen molar-refractivity contribution in [1.82, 2.24) is 5.32 Å². The number of amides is 1. The molecule has 1 unspecified atom stereocenters. The average molecular weight is 377 g/mol. The Labute approximate surface area is 125 Å². The highest BCUT2D eigenvalue weighted by Gasteiger charge is 2.36. The Bertz CT molecular complexity index is 490. The summed E-state index contributed by atoms with van der Waals surface area (Å²) >= 11 is 8.44. The van der Waals surface area contributed by atoms with Crippen LogP contribution in [0.4, 0.5) is 5.69 Å². The minimum absolute atomic E-state index is 0.0205. The molecule has 0 bridgehead atoms. The number of carbonyl (C=O) groups is 1. The molecule has 5 heteroatoms. The van der Waals surface area contributed by atoms with E-state index in [1.165, 1.54) is 12.8 Å². The van der Waals surface area contributed by atoms with Gasteiger partial charge < -0.3 is 10.2 Å². The lowest BCUT2D eigenvalue weighted by molar-refractivity contribution is -0.118. The Morgan fingerprint density at radius 3 is 2.78 bits per heavy atom. The van der Waals surface area contributed by atoms with Crippen molar-refractivity contribution in [3.05, 3.63) is 26.8 Å². The molecular formula is C13H14ClIN2O. The van der Waals surface area contributed by atoms with Crippen LogP contribution in [0.5, 0.6) is 0 Å². The van der Waals surface area contributed by atoms with Crippen molar-refractivity contribution in [3.8, 4) is 0 Å². The molecule has 1 saturated carbocycles. The van der Waals surface area contributed by atoms with E-state index in [9.17, 15) is 4.79 Å². The molecule has 1 amide bonds. The zero-order chi connectivity index (χ0) is 12.7. The molecule has 0 aromatic heterocycles. The van der Waals surface area contributed by atoms with E-state index in [1.807, 2.05) is 18.2 Å². The third-order valence-electron chi connectivity index (χ3n) is 3.42. The second-order valence-electron chi connectivity index (χ2n) is 4.87. The van der Waals surface area contributed by atoms with E-state index in [-0.39, 0.29) is 11.9 Å².